The summed E-state index contributed by atoms with van der Waals surface area (Å²) in [5.41, 5.74) is 8.03. The van der Waals surface area contributed by atoms with E-state index >= 15 is 0 Å². The molecule has 90 valence electrons. The second-order valence-electron chi connectivity index (χ2n) is 4.61. The summed E-state index contributed by atoms with van der Waals surface area (Å²) in [7, 11) is 0. The van der Waals surface area contributed by atoms with Crippen molar-refractivity contribution in [2.75, 3.05) is 13.2 Å². The van der Waals surface area contributed by atoms with Crippen molar-refractivity contribution in [3.63, 3.8) is 0 Å². The molecule has 0 saturated carbocycles. The fourth-order valence-electron chi connectivity index (χ4n) is 2.02. The molecule has 3 N–H and O–H groups in total. The minimum Gasteiger partial charge on any atom is -0.395 e. The van der Waals surface area contributed by atoms with Crippen molar-refractivity contribution < 1.29 is 5.11 Å². The Kier molecular flexibility index (Phi) is 4.97. The third-order valence-electron chi connectivity index (χ3n) is 3.37. The predicted molar refractivity (Wildman–Crippen MR) is 68.5 cm³/mol. The summed E-state index contributed by atoms with van der Waals surface area (Å²) in [4.78, 5) is 0. The predicted octanol–water partition coefficient (Wildman–Crippen LogP) is 2.37. The first-order valence-electron chi connectivity index (χ1n) is 6.06. The number of hydrogen-bond acceptors (Lipinski definition) is 2. The van der Waals surface area contributed by atoms with Crippen molar-refractivity contribution >= 4 is 0 Å². The Morgan fingerprint density at radius 1 is 1.25 bits per heavy atom. The van der Waals surface area contributed by atoms with Gasteiger partial charge in [-0.05, 0) is 18.9 Å². The summed E-state index contributed by atoms with van der Waals surface area (Å²) >= 11 is 0. The summed E-state index contributed by atoms with van der Waals surface area (Å²) in [5, 5.41) is 9.65. The summed E-state index contributed by atoms with van der Waals surface area (Å²) in [6.07, 6.45) is 3.19. The van der Waals surface area contributed by atoms with Gasteiger partial charge < -0.3 is 10.8 Å². The summed E-state index contributed by atoms with van der Waals surface area (Å²) < 4.78 is 0. The molecule has 1 atom stereocenters. The third-order valence-corrected chi connectivity index (χ3v) is 3.37. The van der Waals surface area contributed by atoms with Gasteiger partial charge in [0.2, 0.25) is 0 Å². The van der Waals surface area contributed by atoms with Crippen LogP contribution in [0.25, 0.3) is 0 Å². The van der Waals surface area contributed by atoms with Crippen LogP contribution in [-0.4, -0.2) is 18.3 Å². The highest BCUT2D eigenvalue weighted by Crippen LogP contribution is 2.28. The van der Waals surface area contributed by atoms with Crippen molar-refractivity contribution in [1.29, 1.82) is 0 Å². The van der Waals surface area contributed by atoms with Gasteiger partial charge in [0.15, 0.2) is 0 Å². The van der Waals surface area contributed by atoms with E-state index < -0.39 is 0 Å². The molecular formula is C14H23NO. The van der Waals surface area contributed by atoms with E-state index in [1.54, 1.807) is 0 Å². The van der Waals surface area contributed by atoms with Crippen LogP contribution < -0.4 is 5.73 Å². The molecule has 0 saturated heterocycles. The van der Waals surface area contributed by atoms with Gasteiger partial charge >= 0.3 is 0 Å². The first kappa shape index (κ1) is 13.2. The van der Waals surface area contributed by atoms with Crippen molar-refractivity contribution in [1.82, 2.24) is 0 Å². The highest BCUT2D eigenvalue weighted by Gasteiger charge is 2.29. The summed E-state index contributed by atoms with van der Waals surface area (Å²) in [6.45, 7) is 4.87. The van der Waals surface area contributed by atoms with Crippen LogP contribution in [0.3, 0.4) is 0 Å². The number of hydrogen-bond donors (Lipinski definition) is 2. The molecule has 0 aromatic heterocycles. The number of benzene rings is 1. The van der Waals surface area contributed by atoms with Gasteiger partial charge in [-0.3, -0.25) is 0 Å². The third kappa shape index (κ3) is 2.83. The van der Waals surface area contributed by atoms with E-state index in [-0.39, 0.29) is 12.0 Å². The van der Waals surface area contributed by atoms with Crippen LogP contribution in [0.1, 0.15) is 37.3 Å². The number of unbranched alkanes of at least 4 members (excludes halogenated alkanes) is 1. The largest absolute Gasteiger partial charge is 0.395 e. The molecule has 0 amide bonds. The Morgan fingerprint density at radius 3 is 2.31 bits per heavy atom. The maximum absolute atomic E-state index is 9.65. The zero-order valence-corrected chi connectivity index (χ0v) is 10.4. The average molecular weight is 221 g/mol. The number of rotatable bonds is 6. The summed E-state index contributed by atoms with van der Waals surface area (Å²) in [5.74, 6) is 0. The van der Waals surface area contributed by atoms with E-state index in [0.717, 1.165) is 24.8 Å². The van der Waals surface area contributed by atoms with Crippen molar-refractivity contribution in [2.45, 2.75) is 38.5 Å². The minimum atomic E-state index is -0.246. The monoisotopic (exact) mass is 221 g/mol. The van der Waals surface area contributed by atoms with E-state index in [4.69, 9.17) is 5.73 Å². The molecular weight excluding hydrogens is 198 g/mol. The van der Waals surface area contributed by atoms with Crippen molar-refractivity contribution in [3.05, 3.63) is 35.4 Å². The van der Waals surface area contributed by atoms with Crippen LogP contribution >= 0.6 is 0 Å². The van der Waals surface area contributed by atoms with Gasteiger partial charge in [-0.1, -0.05) is 49.6 Å². The quantitative estimate of drug-likeness (QED) is 0.774. The van der Waals surface area contributed by atoms with Gasteiger partial charge in [-0.15, -0.1) is 0 Å². The molecule has 0 bridgehead atoms. The zero-order valence-electron chi connectivity index (χ0n) is 10.4. The van der Waals surface area contributed by atoms with Gasteiger partial charge in [0.25, 0.3) is 0 Å². The van der Waals surface area contributed by atoms with E-state index in [9.17, 15) is 5.11 Å². The van der Waals surface area contributed by atoms with Crippen molar-refractivity contribution in [2.24, 2.45) is 5.73 Å². The van der Waals surface area contributed by atoms with E-state index in [1.807, 2.05) is 0 Å². The Labute approximate surface area is 98.5 Å². The average Bonchev–Trinajstić information content (AvgIpc) is 2.33. The first-order chi connectivity index (χ1) is 7.68. The SMILES string of the molecule is CCCCC(CN)(CO)c1ccc(C)cc1. The lowest BCUT2D eigenvalue weighted by Gasteiger charge is -2.31. The highest BCUT2D eigenvalue weighted by molar-refractivity contribution is 5.29. The smallest absolute Gasteiger partial charge is 0.0540 e. The Balaban J connectivity index is 2.95. The maximum atomic E-state index is 9.65. The standard InChI is InChI=1S/C14H23NO/c1-3-4-9-14(10-15,11-16)13-7-5-12(2)6-8-13/h5-8,16H,3-4,9-11,15H2,1-2H3. The second kappa shape index (κ2) is 6.02. The van der Waals surface area contributed by atoms with Crippen LogP contribution in [0.2, 0.25) is 0 Å². The molecule has 0 heterocycles. The lowest BCUT2D eigenvalue weighted by molar-refractivity contribution is 0.185. The Bertz CT molecular complexity index is 301. The fourth-order valence-corrected chi connectivity index (χ4v) is 2.02. The summed E-state index contributed by atoms with van der Waals surface area (Å²) in [6, 6.07) is 8.35. The van der Waals surface area contributed by atoms with Crippen LogP contribution in [0.4, 0.5) is 0 Å². The van der Waals surface area contributed by atoms with Gasteiger partial charge in [0, 0.05) is 12.0 Å². The van der Waals surface area contributed by atoms with E-state index in [1.165, 1.54) is 5.56 Å². The van der Waals surface area contributed by atoms with Crippen molar-refractivity contribution in [3.8, 4) is 0 Å². The van der Waals surface area contributed by atoms with E-state index in [2.05, 4.69) is 38.1 Å². The molecule has 0 spiro atoms. The van der Waals surface area contributed by atoms with Crippen LogP contribution in [-0.2, 0) is 5.41 Å². The molecule has 1 aromatic carbocycles. The van der Waals surface area contributed by atoms with E-state index in [0.29, 0.717) is 6.54 Å². The number of aliphatic hydroxyl groups excluding tert-OH is 1. The topological polar surface area (TPSA) is 46.2 Å². The number of aryl methyl sites for hydroxylation is 1. The molecule has 1 aromatic rings. The fraction of sp³-hybridized carbons (Fsp3) is 0.571. The number of nitrogens with two attached hydrogens (primary N) is 1. The second-order valence-corrected chi connectivity index (χ2v) is 4.61. The number of aliphatic hydroxyl groups is 1. The van der Waals surface area contributed by atoms with Gasteiger partial charge in [-0.25, -0.2) is 0 Å². The lowest BCUT2D eigenvalue weighted by atomic mass is 9.77. The molecule has 0 fully saturated rings. The Hall–Kier alpha value is -0.860. The molecule has 2 heteroatoms. The van der Waals surface area contributed by atoms with Crippen LogP contribution in [0, 0.1) is 6.92 Å². The van der Waals surface area contributed by atoms with Crippen LogP contribution in [0.15, 0.2) is 24.3 Å². The molecule has 2 nitrogen and oxygen atoms in total. The molecule has 1 unspecified atom stereocenters. The minimum absolute atomic E-state index is 0.132. The van der Waals surface area contributed by atoms with Crippen LogP contribution in [0.5, 0.6) is 0 Å². The maximum Gasteiger partial charge on any atom is 0.0540 e. The molecule has 1 rings (SSSR count). The van der Waals surface area contributed by atoms with Gasteiger partial charge in [0.05, 0.1) is 6.61 Å². The Morgan fingerprint density at radius 2 is 1.88 bits per heavy atom. The molecule has 0 aliphatic rings. The highest BCUT2D eigenvalue weighted by atomic mass is 16.3. The molecule has 0 aliphatic carbocycles. The molecule has 16 heavy (non-hydrogen) atoms. The van der Waals surface area contributed by atoms with Gasteiger partial charge in [-0.2, -0.15) is 0 Å². The molecule has 0 radical (unpaired) electrons. The normalized spacial score (nSPS) is 14.8. The first-order valence-corrected chi connectivity index (χ1v) is 6.06. The molecule has 0 aliphatic heterocycles. The zero-order chi connectivity index (χ0) is 12.0. The van der Waals surface area contributed by atoms with Gasteiger partial charge in [0.1, 0.15) is 0 Å². The lowest BCUT2D eigenvalue weighted by Crippen LogP contribution is -2.38.